The second-order valence-electron chi connectivity index (χ2n) is 5.14. The first-order chi connectivity index (χ1) is 12.4. The maximum atomic E-state index is 14.2. The molecule has 9 heteroatoms. The largest absolute Gasteiger partial charge is 0.497 e. The third-order valence-corrected chi connectivity index (χ3v) is 5.08. The quantitative estimate of drug-likeness (QED) is 0.751. The molecule has 142 valence electrons. The zero-order chi connectivity index (χ0) is 19.3. The van der Waals surface area contributed by atoms with Crippen molar-refractivity contribution in [3.8, 4) is 23.0 Å². The van der Waals surface area contributed by atoms with Crippen LogP contribution in [-0.2, 0) is 16.6 Å². The molecule has 0 bridgehead atoms. The van der Waals surface area contributed by atoms with Crippen molar-refractivity contribution in [1.82, 2.24) is 4.72 Å². The van der Waals surface area contributed by atoms with E-state index in [-0.39, 0.29) is 18.0 Å². The van der Waals surface area contributed by atoms with Crippen LogP contribution in [0.4, 0.5) is 4.39 Å². The van der Waals surface area contributed by atoms with Crippen molar-refractivity contribution >= 4 is 10.0 Å². The molecule has 0 saturated carbocycles. The summed E-state index contributed by atoms with van der Waals surface area (Å²) >= 11 is 0. The Balaban J connectivity index is 2.33. The summed E-state index contributed by atoms with van der Waals surface area (Å²) in [6, 6.07) is 7.00. The lowest BCUT2D eigenvalue weighted by Crippen LogP contribution is -2.24. The summed E-state index contributed by atoms with van der Waals surface area (Å²) in [5.74, 6) is 0.262. The lowest BCUT2D eigenvalue weighted by Gasteiger charge is -2.14. The predicted octanol–water partition coefficient (Wildman–Crippen LogP) is 2.34. The average Bonchev–Trinajstić information content (AvgIpc) is 2.65. The number of methoxy groups -OCH3 is 4. The molecule has 0 unspecified atom stereocenters. The number of halogens is 1. The van der Waals surface area contributed by atoms with E-state index < -0.39 is 20.7 Å². The maximum Gasteiger partial charge on any atom is 0.243 e. The minimum Gasteiger partial charge on any atom is -0.497 e. The van der Waals surface area contributed by atoms with Gasteiger partial charge in [-0.1, -0.05) is 0 Å². The molecule has 0 heterocycles. The van der Waals surface area contributed by atoms with Crippen LogP contribution in [0.3, 0.4) is 0 Å². The highest BCUT2D eigenvalue weighted by atomic mass is 32.2. The van der Waals surface area contributed by atoms with E-state index in [4.69, 9.17) is 18.9 Å². The fourth-order valence-electron chi connectivity index (χ4n) is 2.31. The van der Waals surface area contributed by atoms with Gasteiger partial charge in [-0.3, -0.25) is 0 Å². The van der Waals surface area contributed by atoms with Gasteiger partial charge in [0.2, 0.25) is 10.0 Å². The van der Waals surface area contributed by atoms with Crippen LogP contribution in [-0.4, -0.2) is 36.9 Å². The Bertz CT molecular complexity index is 885. The SMILES string of the molecule is COc1ccc(OC)c(CNS(=O)(=O)c2cc(OC)c(OC)cc2F)c1. The predicted molar refractivity (Wildman–Crippen MR) is 93.1 cm³/mol. The van der Waals surface area contributed by atoms with Gasteiger partial charge in [0, 0.05) is 24.2 Å². The van der Waals surface area contributed by atoms with E-state index in [1.54, 1.807) is 18.2 Å². The number of ether oxygens (including phenoxy) is 4. The second-order valence-corrected chi connectivity index (χ2v) is 6.88. The summed E-state index contributed by atoms with van der Waals surface area (Å²) in [6.45, 7) is -0.115. The normalized spacial score (nSPS) is 11.1. The van der Waals surface area contributed by atoms with Crippen molar-refractivity contribution in [1.29, 1.82) is 0 Å². The number of hydrogen-bond acceptors (Lipinski definition) is 6. The number of benzene rings is 2. The van der Waals surface area contributed by atoms with Crippen LogP contribution < -0.4 is 23.7 Å². The molecule has 7 nitrogen and oxygen atoms in total. The van der Waals surface area contributed by atoms with Crippen molar-refractivity contribution in [3.63, 3.8) is 0 Å². The first-order valence-corrected chi connectivity index (χ1v) is 8.96. The third-order valence-electron chi connectivity index (χ3n) is 3.67. The molecule has 0 aliphatic rings. The molecule has 0 aliphatic heterocycles. The third kappa shape index (κ3) is 4.17. The minimum atomic E-state index is -4.15. The number of nitrogens with one attached hydrogen (secondary N) is 1. The molecule has 2 aromatic carbocycles. The van der Waals surface area contributed by atoms with Crippen molar-refractivity contribution in [2.45, 2.75) is 11.4 Å². The molecule has 0 saturated heterocycles. The Labute approximate surface area is 151 Å². The minimum absolute atomic E-state index is 0.0958. The van der Waals surface area contributed by atoms with Gasteiger partial charge < -0.3 is 18.9 Å². The first-order valence-electron chi connectivity index (χ1n) is 7.48. The summed E-state index contributed by atoms with van der Waals surface area (Å²) in [4.78, 5) is -0.544. The molecule has 0 fully saturated rings. The van der Waals surface area contributed by atoms with Gasteiger partial charge in [0.05, 0.1) is 28.4 Å². The molecule has 1 N–H and O–H groups in total. The molecule has 2 aromatic rings. The lowest BCUT2D eigenvalue weighted by atomic mass is 10.2. The van der Waals surface area contributed by atoms with Crippen LogP contribution in [0.5, 0.6) is 23.0 Å². The smallest absolute Gasteiger partial charge is 0.243 e. The Morgan fingerprint density at radius 1 is 0.885 bits per heavy atom. The highest BCUT2D eigenvalue weighted by Crippen LogP contribution is 2.32. The Morgan fingerprint density at radius 3 is 2.08 bits per heavy atom. The fraction of sp³-hybridized carbons (Fsp3) is 0.294. The molecule has 0 radical (unpaired) electrons. The van der Waals surface area contributed by atoms with E-state index in [2.05, 4.69) is 4.72 Å². The number of hydrogen-bond donors (Lipinski definition) is 1. The van der Waals surface area contributed by atoms with E-state index in [9.17, 15) is 12.8 Å². The Morgan fingerprint density at radius 2 is 1.50 bits per heavy atom. The van der Waals surface area contributed by atoms with Crippen LogP contribution in [0.15, 0.2) is 35.2 Å². The van der Waals surface area contributed by atoms with Gasteiger partial charge in [0.25, 0.3) is 0 Å². The maximum absolute atomic E-state index is 14.2. The standard InChI is InChI=1S/C17H20FNO6S/c1-22-12-5-6-14(23-2)11(7-12)10-19-26(20,21)17-9-16(25-4)15(24-3)8-13(17)18/h5-9,19H,10H2,1-4H3. The van der Waals surface area contributed by atoms with Crippen LogP contribution in [0.1, 0.15) is 5.56 Å². The molecule has 0 aromatic heterocycles. The molecule has 26 heavy (non-hydrogen) atoms. The van der Waals surface area contributed by atoms with E-state index in [0.29, 0.717) is 17.1 Å². The van der Waals surface area contributed by atoms with Crippen LogP contribution in [0, 0.1) is 5.82 Å². The monoisotopic (exact) mass is 385 g/mol. The average molecular weight is 385 g/mol. The van der Waals surface area contributed by atoms with Crippen molar-refractivity contribution in [2.75, 3.05) is 28.4 Å². The van der Waals surface area contributed by atoms with E-state index >= 15 is 0 Å². The summed E-state index contributed by atoms with van der Waals surface area (Å²) in [5, 5.41) is 0. The Kier molecular flexibility index (Phi) is 6.27. The van der Waals surface area contributed by atoms with Gasteiger partial charge in [-0.15, -0.1) is 0 Å². The summed E-state index contributed by atoms with van der Waals surface area (Å²) < 4.78 is 62.0. The second kappa shape index (κ2) is 8.24. The van der Waals surface area contributed by atoms with Crippen molar-refractivity contribution in [3.05, 3.63) is 41.7 Å². The fourth-order valence-corrected chi connectivity index (χ4v) is 3.39. The molecule has 2 rings (SSSR count). The molecular weight excluding hydrogens is 365 g/mol. The van der Waals surface area contributed by atoms with Gasteiger partial charge in [0.15, 0.2) is 11.5 Å². The van der Waals surface area contributed by atoms with Crippen LogP contribution in [0.2, 0.25) is 0 Å². The summed E-state index contributed by atoms with van der Waals surface area (Å²) in [6.07, 6.45) is 0. The zero-order valence-electron chi connectivity index (χ0n) is 14.8. The topological polar surface area (TPSA) is 83.1 Å². The molecule has 0 amide bonds. The number of sulfonamides is 1. The summed E-state index contributed by atoms with van der Waals surface area (Å²) in [5.41, 5.74) is 0.538. The van der Waals surface area contributed by atoms with E-state index in [1.807, 2.05) is 0 Å². The lowest BCUT2D eigenvalue weighted by molar-refractivity contribution is 0.350. The van der Waals surface area contributed by atoms with Crippen molar-refractivity contribution < 1.29 is 31.8 Å². The van der Waals surface area contributed by atoms with Gasteiger partial charge in [-0.25, -0.2) is 17.5 Å². The molecular formula is C17H20FNO6S. The molecule has 0 atom stereocenters. The van der Waals surface area contributed by atoms with Gasteiger partial charge in [-0.2, -0.15) is 0 Å². The van der Waals surface area contributed by atoms with E-state index in [1.165, 1.54) is 28.4 Å². The highest BCUT2D eigenvalue weighted by molar-refractivity contribution is 7.89. The van der Waals surface area contributed by atoms with Gasteiger partial charge >= 0.3 is 0 Å². The summed E-state index contributed by atoms with van der Waals surface area (Å²) in [7, 11) is 1.48. The Hall–Kier alpha value is -2.52. The van der Waals surface area contributed by atoms with Gasteiger partial charge in [0.1, 0.15) is 22.2 Å². The van der Waals surface area contributed by atoms with E-state index in [0.717, 1.165) is 12.1 Å². The highest BCUT2D eigenvalue weighted by Gasteiger charge is 2.23. The molecule has 0 aliphatic carbocycles. The number of rotatable bonds is 8. The van der Waals surface area contributed by atoms with Crippen molar-refractivity contribution in [2.24, 2.45) is 0 Å². The van der Waals surface area contributed by atoms with Crippen LogP contribution >= 0.6 is 0 Å². The van der Waals surface area contributed by atoms with Crippen LogP contribution in [0.25, 0.3) is 0 Å². The first kappa shape index (κ1) is 19.8. The van der Waals surface area contributed by atoms with Gasteiger partial charge in [-0.05, 0) is 18.2 Å². The molecule has 0 spiro atoms. The zero-order valence-corrected chi connectivity index (χ0v) is 15.6.